The molecule has 2 aliphatic rings. The molecule has 1 N–H and O–H groups in total. The molecule has 28 heavy (non-hydrogen) atoms. The SMILES string of the molecule is COc1ccc(S(=O)(=O)N2CCN(C(=O)C3=NNC(=O)CC3)CC2)cc1OC. The molecule has 2 aliphatic heterocycles. The number of nitrogens with zero attached hydrogens (tertiary/aromatic N) is 3. The van der Waals surface area contributed by atoms with Crippen molar-refractivity contribution in [2.45, 2.75) is 17.7 Å². The van der Waals surface area contributed by atoms with Gasteiger partial charge in [0.1, 0.15) is 5.71 Å². The molecule has 152 valence electrons. The number of piperazine rings is 1. The van der Waals surface area contributed by atoms with Crippen LogP contribution in [0.4, 0.5) is 0 Å². The first kappa shape index (κ1) is 20.1. The van der Waals surface area contributed by atoms with Crippen LogP contribution in [0, 0.1) is 0 Å². The molecule has 1 fully saturated rings. The first-order chi connectivity index (χ1) is 13.4. The number of hydrogen-bond acceptors (Lipinski definition) is 7. The summed E-state index contributed by atoms with van der Waals surface area (Å²) in [5, 5.41) is 3.80. The Hall–Kier alpha value is -2.66. The Bertz CT molecular complexity index is 906. The zero-order chi connectivity index (χ0) is 20.3. The van der Waals surface area contributed by atoms with Gasteiger partial charge < -0.3 is 14.4 Å². The average Bonchev–Trinajstić information content (AvgIpc) is 2.73. The number of carbonyl (C=O) groups is 2. The molecule has 0 saturated carbocycles. The van der Waals surface area contributed by atoms with Gasteiger partial charge in [-0.25, -0.2) is 13.8 Å². The van der Waals surface area contributed by atoms with Crippen LogP contribution in [-0.2, 0) is 19.6 Å². The summed E-state index contributed by atoms with van der Waals surface area (Å²) < 4.78 is 37.5. The number of hydrazone groups is 1. The molecule has 1 aromatic carbocycles. The molecule has 0 radical (unpaired) electrons. The van der Waals surface area contributed by atoms with E-state index >= 15 is 0 Å². The quantitative estimate of drug-likeness (QED) is 0.719. The summed E-state index contributed by atoms with van der Waals surface area (Å²) >= 11 is 0. The molecule has 10 nitrogen and oxygen atoms in total. The van der Waals surface area contributed by atoms with Gasteiger partial charge in [0.2, 0.25) is 15.9 Å². The Balaban J connectivity index is 1.68. The highest BCUT2D eigenvalue weighted by Crippen LogP contribution is 2.30. The summed E-state index contributed by atoms with van der Waals surface area (Å²) in [5.74, 6) is 0.275. The van der Waals surface area contributed by atoms with Crippen LogP contribution in [0.2, 0.25) is 0 Å². The third-order valence-electron chi connectivity index (χ3n) is 4.67. The Morgan fingerprint density at radius 3 is 2.32 bits per heavy atom. The van der Waals surface area contributed by atoms with Crippen LogP contribution in [0.3, 0.4) is 0 Å². The van der Waals surface area contributed by atoms with Crippen LogP contribution in [-0.4, -0.2) is 75.5 Å². The molecule has 1 aromatic rings. The van der Waals surface area contributed by atoms with Gasteiger partial charge in [0.15, 0.2) is 11.5 Å². The molecule has 2 heterocycles. The van der Waals surface area contributed by atoms with Crippen molar-refractivity contribution < 1.29 is 27.5 Å². The minimum atomic E-state index is -3.73. The number of amides is 2. The molecule has 0 spiro atoms. The number of ether oxygens (including phenoxy) is 2. The van der Waals surface area contributed by atoms with E-state index in [1.165, 1.54) is 30.7 Å². The molecule has 1 saturated heterocycles. The second-order valence-electron chi connectivity index (χ2n) is 6.31. The maximum atomic E-state index is 12.9. The number of methoxy groups -OCH3 is 2. The van der Waals surface area contributed by atoms with E-state index in [9.17, 15) is 18.0 Å². The van der Waals surface area contributed by atoms with E-state index in [0.29, 0.717) is 11.5 Å². The number of nitrogens with one attached hydrogen (secondary N) is 1. The predicted octanol–water partition coefficient (Wildman–Crippen LogP) is -0.197. The summed E-state index contributed by atoms with van der Waals surface area (Å²) in [6.45, 7) is 0.834. The van der Waals surface area contributed by atoms with Crippen molar-refractivity contribution in [1.82, 2.24) is 14.6 Å². The molecular formula is C17H22N4O6S. The molecule has 2 amide bonds. The Morgan fingerprint density at radius 1 is 1.07 bits per heavy atom. The lowest BCUT2D eigenvalue weighted by Gasteiger charge is -2.34. The van der Waals surface area contributed by atoms with Gasteiger partial charge in [-0.3, -0.25) is 9.59 Å². The fourth-order valence-corrected chi connectivity index (χ4v) is 4.51. The third kappa shape index (κ3) is 3.94. The largest absolute Gasteiger partial charge is 0.493 e. The molecular weight excluding hydrogens is 388 g/mol. The highest BCUT2D eigenvalue weighted by molar-refractivity contribution is 7.89. The van der Waals surface area contributed by atoms with Crippen LogP contribution >= 0.6 is 0 Å². The molecule has 11 heteroatoms. The normalized spacial score (nSPS) is 18.3. The van der Waals surface area contributed by atoms with E-state index in [0.717, 1.165) is 0 Å². The second kappa shape index (κ2) is 8.15. The van der Waals surface area contributed by atoms with Crippen LogP contribution in [0.15, 0.2) is 28.2 Å². The highest BCUT2D eigenvalue weighted by Gasteiger charge is 2.32. The van der Waals surface area contributed by atoms with Gasteiger partial charge in [-0.15, -0.1) is 0 Å². The standard InChI is InChI=1S/C17H22N4O6S/c1-26-14-5-3-12(11-15(14)27-2)28(24,25)21-9-7-20(8-10-21)17(23)13-4-6-16(22)19-18-13/h3,5,11H,4,6-10H2,1-2H3,(H,19,22). The topological polar surface area (TPSA) is 118 Å². The average molecular weight is 410 g/mol. The Labute approximate surface area is 163 Å². The van der Waals surface area contributed by atoms with E-state index < -0.39 is 10.0 Å². The fourth-order valence-electron chi connectivity index (χ4n) is 3.07. The Morgan fingerprint density at radius 2 is 1.75 bits per heavy atom. The van der Waals surface area contributed by atoms with Gasteiger partial charge >= 0.3 is 0 Å². The predicted molar refractivity (Wildman–Crippen MR) is 99.7 cm³/mol. The smallest absolute Gasteiger partial charge is 0.270 e. The van der Waals surface area contributed by atoms with Crippen molar-refractivity contribution in [3.63, 3.8) is 0 Å². The first-order valence-corrected chi connectivity index (χ1v) is 10.2. The first-order valence-electron chi connectivity index (χ1n) is 8.73. The van der Waals surface area contributed by atoms with Gasteiger partial charge in [0.25, 0.3) is 5.91 Å². The number of hydrogen-bond donors (Lipinski definition) is 1. The van der Waals surface area contributed by atoms with Crippen LogP contribution in [0.5, 0.6) is 11.5 Å². The molecule has 0 atom stereocenters. The van der Waals surface area contributed by atoms with Gasteiger partial charge in [0.05, 0.1) is 19.1 Å². The third-order valence-corrected chi connectivity index (χ3v) is 6.56. The number of benzene rings is 1. The molecule has 0 unspecified atom stereocenters. The van der Waals surface area contributed by atoms with Crippen molar-refractivity contribution in [3.8, 4) is 11.5 Å². The van der Waals surface area contributed by atoms with Crippen molar-refractivity contribution in [2.24, 2.45) is 5.10 Å². The van der Waals surface area contributed by atoms with Crippen molar-refractivity contribution in [1.29, 1.82) is 0 Å². The van der Waals surface area contributed by atoms with E-state index in [2.05, 4.69) is 10.5 Å². The minimum absolute atomic E-state index is 0.101. The second-order valence-corrected chi connectivity index (χ2v) is 8.24. The lowest BCUT2D eigenvalue weighted by Crippen LogP contribution is -2.52. The van der Waals surface area contributed by atoms with Gasteiger partial charge in [0, 0.05) is 45.1 Å². The van der Waals surface area contributed by atoms with Gasteiger partial charge in [-0.05, 0) is 12.1 Å². The van der Waals surface area contributed by atoms with Gasteiger partial charge in [-0.2, -0.15) is 9.41 Å². The molecule has 0 aliphatic carbocycles. The van der Waals surface area contributed by atoms with E-state index in [-0.39, 0.29) is 61.4 Å². The van der Waals surface area contributed by atoms with E-state index in [1.54, 1.807) is 11.0 Å². The van der Waals surface area contributed by atoms with Crippen LogP contribution in [0.25, 0.3) is 0 Å². The monoisotopic (exact) mass is 410 g/mol. The zero-order valence-corrected chi connectivity index (χ0v) is 16.5. The van der Waals surface area contributed by atoms with E-state index in [4.69, 9.17) is 9.47 Å². The number of rotatable bonds is 5. The lowest BCUT2D eigenvalue weighted by atomic mass is 10.1. The molecule has 0 aromatic heterocycles. The van der Waals surface area contributed by atoms with Crippen LogP contribution < -0.4 is 14.9 Å². The summed E-state index contributed by atoms with van der Waals surface area (Å²) in [4.78, 5) is 25.3. The van der Waals surface area contributed by atoms with E-state index in [1.807, 2.05) is 0 Å². The maximum absolute atomic E-state index is 12.9. The molecule has 0 bridgehead atoms. The highest BCUT2D eigenvalue weighted by atomic mass is 32.2. The lowest BCUT2D eigenvalue weighted by molar-refractivity contribution is -0.125. The van der Waals surface area contributed by atoms with Crippen molar-refractivity contribution in [2.75, 3.05) is 40.4 Å². The zero-order valence-electron chi connectivity index (χ0n) is 15.7. The number of sulfonamides is 1. The summed E-state index contributed by atoms with van der Waals surface area (Å²) in [5.41, 5.74) is 2.59. The maximum Gasteiger partial charge on any atom is 0.270 e. The minimum Gasteiger partial charge on any atom is -0.493 e. The fraction of sp³-hybridized carbons (Fsp3) is 0.471. The van der Waals surface area contributed by atoms with Crippen molar-refractivity contribution in [3.05, 3.63) is 18.2 Å². The van der Waals surface area contributed by atoms with Crippen molar-refractivity contribution >= 4 is 27.5 Å². The Kier molecular flexibility index (Phi) is 5.84. The summed E-state index contributed by atoms with van der Waals surface area (Å²) in [6.07, 6.45) is 0.507. The number of carbonyl (C=O) groups excluding carboxylic acids is 2. The summed E-state index contributed by atoms with van der Waals surface area (Å²) in [6, 6.07) is 4.43. The molecule has 3 rings (SSSR count). The van der Waals surface area contributed by atoms with Crippen LogP contribution in [0.1, 0.15) is 12.8 Å². The van der Waals surface area contributed by atoms with Gasteiger partial charge in [-0.1, -0.05) is 0 Å². The summed E-state index contributed by atoms with van der Waals surface area (Å²) in [7, 11) is -0.812.